The van der Waals surface area contributed by atoms with Crippen LogP contribution in [0.3, 0.4) is 0 Å². The molecule has 2 N–H and O–H groups in total. The lowest BCUT2D eigenvalue weighted by Gasteiger charge is -2.25. The van der Waals surface area contributed by atoms with Crippen LogP contribution >= 0.6 is 0 Å². The summed E-state index contributed by atoms with van der Waals surface area (Å²) in [6.07, 6.45) is 5.95. The van der Waals surface area contributed by atoms with Gasteiger partial charge < -0.3 is 5.73 Å². The summed E-state index contributed by atoms with van der Waals surface area (Å²) in [6.45, 7) is 1.76. The van der Waals surface area contributed by atoms with Crippen LogP contribution in [0.2, 0.25) is 0 Å². The topological polar surface area (TPSA) is 42.1 Å². The number of nitrogens with two attached hydrogens (primary N) is 1. The van der Waals surface area contributed by atoms with Crippen molar-refractivity contribution < 1.29 is 4.39 Å². The van der Waals surface area contributed by atoms with Crippen molar-refractivity contribution in [3.8, 4) is 0 Å². The third-order valence-electron chi connectivity index (χ3n) is 3.82. The third kappa shape index (κ3) is 2.80. The second-order valence-corrected chi connectivity index (χ2v) is 5.30. The molecule has 20 heavy (non-hydrogen) atoms. The summed E-state index contributed by atoms with van der Waals surface area (Å²) in [4.78, 5) is 6.44. The van der Waals surface area contributed by atoms with E-state index in [4.69, 9.17) is 5.73 Å². The van der Waals surface area contributed by atoms with Gasteiger partial charge in [-0.3, -0.25) is 9.88 Å². The fraction of sp³-hybridized carbons (Fsp3) is 0.312. The van der Waals surface area contributed by atoms with E-state index in [2.05, 4.69) is 22.0 Å². The first-order valence-electron chi connectivity index (χ1n) is 6.91. The molecule has 0 spiro atoms. The Kier molecular flexibility index (Phi) is 3.65. The standard InChI is InChI=1S/C16H18FN3/c17-14-8-12(9-15(18)10-14)11-20-7-1-2-16(20)13-3-5-19-6-4-13/h3-6,8-10,16H,1-2,7,11,18H2. The van der Waals surface area contributed by atoms with Crippen LogP contribution in [-0.4, -0.2) is 16.4 Å². The predicted molar refractivity (Wildman–Crippen MR) is 77.4 cm³/mol. The van der Waals surface area contributed by atoms with E-state index in [0.717, 1.165) is 31.5 Å². The van der Waals surface area contributed by atoms with Gasteiger partial charge in [-0.2, -0.15) is 0 Å². The molecule has 2 heterocycles. The number of likely N-dealkylation sites (tertiary alicyclic amines) is 1. The van der Waals surface area contributed by atoms with E-state index < -0.39 is 0 Å². The highest BCUT2D eigenvalue weighted by Gasteiger charge is 2.25. The van der Waals surface area contributed by atoms with Crippen LogP contribution in [0.25, 0.3) is 0 Å². The number of hydrogen-bond donors (Lipinski definition) is 1. The van der Waals surface area contributed by atoms with Crippen molar-refractivity contribution in [3.05, 3.63) is 59.7 Å². The van der Waals surface area contributed by atoms with Crippen molar-refractivity contribution in [1.29, 1.82) is 0 Å². The Labute approximate surface area is 118 Å². The Morgan fingerprint density at radius 1 is 1.25 bits per heavy atom. The first-order chi connectivity index (χ1) is 9.72. The second kappa shape index (κ2) is 5.59. The minimum Gasteiger partial charge on any atom is -0.399 e. The van der Waals surface area contributed by atoms with Crippen molar-refractivity contribution in [2.45, 2.75) is 25.4 Å². The van der Waals surface area contributed by atoms with Crippen molar-refractivity contribution >= 4 is 5.69 Å². The minimum atomic E-state index is -0.264. The zero-order valence-corrected chi connectivity index (χ0v) is 11.3. The number of anilines is 1. The zero-order valence-electron chi connectivity index (χ0n) is 11.3. The highest BCUT2D eigenvalue weighted by molar-refractivity contribution is 5.41. The van der Waals surface area contributed by atoms with Crippen LogP contribution < -0.4 is 5.73 Å². The quantitative estimate of drug-likeness (QED) is 0.872. The lowest BCUT2D eigenvalue weighted by atomic mass is 10.1. The number of hydrogen-bond acceptors (Lipinski definition) is 3. The SMILES string of the molecule is Nc1cc(F)cc(CN2CCCC2c2ccncc2)c1. The van der Waals surface area contributed by atoms with E-state index in [1.165, 1.54) is 11.6 Å². The fourth-order valence-electron chi connectivity index (χ4n) is 2.98. The number of rotatable bonds is 3. The van der Waals surface area contributed by atoms with E-state index in [0.29, 0.717) is 11.7 Å². The van der Waals surface area contributed by atoms with Crippen molar-refractivity contribution in [2.24, 2.45) is 0 Å². The zero-order chi connectivity index (χ0) is 13.9. The largest absolute Gasteiger partial charge is 0.399 e. The molecule has 104 valence electrons. The Bertz CT molecular complexity index is 565. The van der Waals surface area contributed by atoms with E-state index in [1.54, 1.807) is 6.07 Å². The van der Waals surface area contributed by atoms with Gasteiger partial charge in [0.05, 0.1) is 0 Å². The highest BCUT2D eigenvalue weighted by Crippen LogP contribution is 2.33. The molecule has 1 aromatic carbocycles. The Balaban J connectivity index is 1.79. The van der Waals surface area contributed by atoms with Gasteiger partial charge in [0.25, 0.3) is 0 Å². The van der Waals surface area contributed by atoms with E-state index in [-0.39, 0.29) is 5.82 Å². The molecule has 1 fully saturated rings. The number of nitrogens with zero attached hydrogens (tertiary/aromatic N) is 2. The molecule has 2 aromatic rings. The smallest absolute Gasteiger partial charge is 0.125 e. The van der Waals surface area contributed by atoms with Gasteiger partial charge >= 0.3 is 0 Å². The summed E-state index contributed by atoms with van der Waals surface area (Å²) in [5.74, 6) is -0.264. The maximum atomic E-state index is 13.4. The molecular weight excluding hydrogens is 253 g/mol. The average molecular weight is 271 g/mol. The van der Waals surface area contributed by atoms with Gasteiger partial charge in [0.1, 0.15) is 5.82 Å². The monoisotopic (exact) mass is 271 g/mol. The Hall–Kier alpha value is -1.94. The maximum Gasteiger partial charge on any atom is 0.125 e. The van der Waals surface area contributed by atoms with Crippen molar-refractivity contribution in [2.75, 3.05) is 12.3 Å². The number of benzene rings is 1. The fourth-order valence-corrected chi connectivity index (χ4v) is 2.98. The van der Waals surface area contributed by atoms with E-state index in [1.807, 2.05) is 18.5 Å². The maximum absolute atomic E-state index is 13.4. The molecular formula is C16H18FN3. The summed E-state index contributed by atoms with van der Waals surface area (Å²) < 4.78 is 13.4. The third-order valence-corrected chi connectivity index (χ3v) is 3.82. The van der Waals surface area contributed by atoms with Gasteiger partial charge in [-0.15, -0.1) is 0 Å². The summed E-state index contributed by atoms with van der Waals surface area (Å²) in [5.41, 5.74) is 8.41. The first kappa shape index (κ1) is 13.1. The van der Waals surface area contributed by atoms with Crippen molar-refractivity contribution in [1.82, 2.24) is 9.88 Å². The molecule has 0 aliphatic carbocycles. The highest BCUT2D eigenvalue weighted by atomic mass is 19.1. The van der Waals surface area contributed by atoms with Crippen LogP contribution in [0.1, 0.15) is 30.0 Å². The lowest BCUT2D eigenvalue weighted by Crippen LogP contribution is -2.22. The van der Waals surface area contributed by atoms with E-state index in [9.17, 15) is 4.39 Å². The number of pyridine rings is 1. The van der Waals surface area contributed by atoms with Crippen LogP contribution in [0.15, 0.2) is 42.7 Å². The Morgan fingerprint density at radius 3 is 2.80 bits per heavy atom. The molecule has 1 saturated heterocycles. The van der Waals surface area contributed by atoms with Crippen molar-refractivity contribution in [3.63, 3.8) is 0 Å². The number of halogens is 1. The van der Waals surface area contributed by atoms with Gasteiger partial charge in [0.2, 0.25) is 0 Å². The predicted octanol–water partition coefficient (Wildman–Crippen LogP) is 3.14. The molecule has 0 amide bonds. The summed E-state index contributed by atoms with van der Waals surface area (Å²) in [6, 6.07) is 9.28. The molecule has 3 rings (SSSR count). The average Bonchev–Trinajstić information content (AvgIpc) is 2.86. The van der Waals surface area contributed by atoms with Gasteiger partial charge in [-0.05, 0) is 60.8 Å². The van der Waals surface area contributed by atoms with Gasteiger partial charge in [-0.25, -0.2) is 4.39 Å². The normalized spacial score (nSPS) is 19.4. The van der Waals surface area contributed by atoms with E-state index >= 15 is 0 Å². The molecule has 0 bridgehead atoms. The molecule has 1 aliphatic rings. The molecule has 0 saturated carbocycles. The molecule has 1 atom stereocenters. The number of aromatic nitrogens is 1. The Morgan fingerprint density at radius 2 is 2.05 bits per heavy atom. The van der Waals surface area contributed by atoms with Gasteiger partial charge in [0, 0.05) is 30.7 Å². The van der Waals surface area contributed by atoms with Crippen LogP contribution in [0.4, 0.5) is 10.1 Å². The molecule has 4 heteroatoms. The summed E-state index contributed by atoms with van der Waals surface area (Å²) in [7, 11) is 0. The van der Waals surface area contributed by atoms with Crippen LogP contribution in [-0.2, 0) is 6.54 Å². The molecule has 1 aromatic heterocycles. The molecule has 0 radical (unpaired) electrons. The molecule has 3 nitrogen and oxygen atoms in total. The van der Waals surface area contributed by atoms with Crippen LogP contribution in [0.5, 0.6) is 0 Å². The first-order valence-corrected chi connectivity index (χ1v) is 6.91. The minimum absolute atomic E-state index is 0.264. The number of nitrogen functional groups attached to an aromatic ring is 1. The second-order valence-electron chi connectivity index (χ2n) is 5.30. The molecule has 1 unspecified atom stereocenters. The van der Waals surface area contributed by atoms with Gasteiger partial charge in [-0.1, -0.05) is 0 Å². The lowest BCUT2D eigenvalue weighted by molar-refractivity contribution is 0.248. The summed E-state index contributed by atoms with van der Waals surface area (Å²) in [5, 5.41) is 0. The summed E-state index contributed by atoms with van der Waals surface area (Å²) >= 11 is 0. The molecule has 1 aliphatic heterocycles. The van der Waals surface area contributed by atoms with Gasteiger partial charge in [0.15, 0.2) is 0 Å². The van der Waals surface area contributed by atoms with Crippen LogP contribution in [0, 0.1) is 5.82 Å².